The highest BCUT2D eigenvalue weighted by Crippen LogP contribution is 2.30. The second-order valence-corrected chi connectivity index (χ2v) is 9.27. The van der Waals surface area contributed by atoms with Crippen molar-refractivity contribution in [3.63, 3.8) is 0 Å². The van der Waals surface area contributed by atoms with Gasteiger partial charge in [0.05, 0.1) is 11.3 Å². The summed E-state index contributed by atoms with van der Waals surface area (Å²) in [5, 5.41) is 15.3. The number of hydrogen-bond acceptors (Lipinski definition) is 5. The maximum absolute atomic E-state index is 14.4. The maximum atomic E-state index is 14.4. The van der Waals surface area contributed by atoms with Crippen molar-refractivity contribution < 1.29 is 13.9 Å². The zero-order chi connectivity index (χ0) is 24.7. The van der Waals surface area contributed by atoms with Gasteiger partial charge in [-0.25, -0.2) is 4.39 Å². The van der Waals surface area contributed by atoms with Crippen LogP contribution >= 0.6 is 11.8 Å². The van der Waals surface area contributed by atoms with Gasteiger partial charge in [-0.2, -0.15) is 15.1 Å². The number of benzene rings is 2. The Morgan fingerprint density at radius 2 is 1.91 bits per heavy atom. The number of halogens is 1. The number of aromatic nitrogens is 1. The SMILES string of the molecule is Cc1cccc(OCC2=NN3C(=N)/C(=C\c4cc(C)n(-c5ccccc5F)c4C)C(=O)N=C3S2)c1. The van der Waals surface area contributed by atoms with Crippen LogP contribution in [-0.4, -0.2) is 38.1 Å². The Hall–Kier alpha value is -3.98. The zero-order valence-electron chi connectivity index (χ0n) is 19.4. The molecule has 0 fully saturated rings. The highest BCUT2D eigenvalue weighted by Gasteiger charge is 2.36. The Labute approximate surface area is 206 Å². The number of para-hydroxylation sites is 1. The van der Waals surface area contributed by atoms with Crippen molar-refractivity contribution in [2.75, 3.05) is 6.61 Å². The number of thioether (sulfide) groups is 1. The van der Waals surface area contributed by atoms with Crippen LogP contribution in [-0.2, 0) is 4.79 Å². The fraction of sp³-hybridized carbons (Fsp3) is 0.154. The van der Waals surface area contributed by atoms with Crippen LogP contribution in [0, 0.1) is 32.0 Å². The molecule has 9 heteroatoms. The maximum Gasteiger partial charge on any atom is 0.283 e. The molecule has 1 N–H and O–H groups in total. The molecule has 0 bridgehead atoms. The Balaban J connectivity index is 1.41. The first-order chi connectivity index (χ1) is 16.8. The molecule has 2 aliphatic rings. The fourth-order valence-corrected chi connectivity index (χ4v) is 4.83. The Morgan fingerprint density at radius 3 is 2.69 bits per heavy atom. The predicted octanol–water partition coefficient (Wildman–Crippen LogP) is 5.24. The number of fused-ring (bicyclic) bond motifs is 1. The molecule has 7 nitrogen and oxygen atoms in total. The third-order valence-electron chi connectivity index (χ3n) is 5.71. The van der Waals surface area contributed by atoms with E-state index in [2.05, 4.69) is 10.1 Å². The van der Waals surface area contributed by atoms with E-state index >= 15 is 0 Å². The third-order valence-corrected chi connectivity index (χ3v) is 6.59. The van der Waals surface area contributed by atoms with Crippen LogP contribution < -0.4 is 4.74 Å². The molecule has 0 aliphatic carbocycles. The van der Waals surface area contributed by atoms with Gasteiger partial charge in [0.1, 0.15) is 23.2 Å². The molecule has 5 rings (SSSR count). The largest absolute Gasteiger partial charge is 0.487 e. The summed E-state index contributed by atoms with van der Waals surface area (Å²) in [4.78, 5) is 17.0. The number of nitrogens with zero attached hydrogens (tertiary/aromatic N) is 4. The molecule has 1 aromatic heterocycles. The van der Waals surface area contributed by atoms with Crippen LogP contribution in [0.3, 0.4) is 0 Å². The van der Waals surface area contributed by atoms with Gasteiger partial charge in [0.15, 0.2) is 5.84 Å². The number of aliphatic imine (C=N–C) groups is 1. The quantitative estimate of drug-likeness (QED) is 0.499. The molecule has 3 heterocycles. The molecule has 0 spiro atoms. The number of hydrazone groups is 1. The van der Waals surface area contributed by atoms with Crippen molar-refractivity contribution in [3.8, 4) is 11.4 Å². The highest BCUT2D eigenvalue weighted by molar-refractivity contribution is 8.27. The lowest BCUT2D eigenvalue weighted by Crippen LogP contribution is -2.35. The van der Waals surface area contributed by atoms with Crippen molar-refractivity contribution in [1.82, 2.24) is 9.58 Å². The van der Waals surface area contributed by atoms with Crippen molar-refractivity contribution in [1.29, 1.82) is 5.41 Å². The number of carbonyl (C=O) groups is 1. The number of nitrogens with one attached hydrogen (secondary N) is 1. The Morgan fingerprint density at radius 1 is 1.11 bits per heavy atom. The van der Waals surface area contributed by atoms with Gasteiger partial charge in [0, 0.05) is 11.4 Å². The molecular weight excluding hydrogens is 465 g/mol. The first kappa shape index (κ1) is 22.8. The van der Waals surface area contributed by atoms with E-state index in [4.69, 9.17) is 10.1 Å². The van der Waals surface area contributed by atoms with Crippen molar-refractivity contribution in [3.05, 3.63) is 88.5 Å². The van der Waals surface area contributed by atoms with Gasteiger partial charge in [-0.1, -0.05) is 24.3 Å². The van der Waals surface area contributed by atoms with Crippen LogP contribution in [0.25, 0.3) is 11.8 Å². The summed E-state index contributed by atoms with van der Waals surface area (Å²) in [6.07, 6.45) is 1.62. The second-order valence-electron chi connectivity index (χ2n) is 8.23. The number of ether oxygens (including phenoxy) is 1. The normalized spacial score (nSPS) is 16.5. The number of hydrogen-bond donors (Lipinski definition) is 1. The molecule has 0 radical (unpaired) electrons. The summed E-state index contributed by atoms with van der Waals surface area (Å²) in [5.41, 5.74) is 3.90. The molecular formula is C26H22FN5O2S. The molecule has 3 aromatic rings. The average Bonchev–Trinajstić information content (AvgIpc) is 3.35. The van der Waals surface area contributed by atoms with E-state index in [-0.39, 0.29) is 23.8 Å². The average molecular weight is 488 g/mol. The van der Waals surface area contributed by atoms with E-state index in [0.717, 1.165) is 22.7 Å². The summed E-state index contributed by atoms with van der Waals surface area (Å²) in [6, 6.07) is 16.1. The van der Waals surface area contributed by atoms with Crippen molar-refractivity contribution in [2.24, 2.45) is 10.1 Å². The molecule has 2 aliphatic heterocycles. The van der Waals surface area contributed by atoms with Gasteiger partial charge in [-0.3, -0.25) is 10.2 Å². The van der Waals surface area contributed by atoms with Gasteiger partial charge in [0.2, 0.25) is 5.17 Å². The second kappa shape index (κ2) is 8.99. The van der Waals surface area contributed by atoms with Gasteiger partial charge in [0.25, 0.3) is 5.91 Å². The molecule has 0 unspecified atom stereocenters. The minimum absolute atomic E-state index is 0.0613. The van der Waals surface area contributed by atoms with E-state index in [0.29, 0.717) is 21.5 Å². The summed E-state index contributed by atoms with van der Waals surface area (Å²) < 4.78 is 22.0. The van der Waals surface area contributed by atoms with Crippen LogP contribution in [0.4, 0.5) is 4.39 Å². The molecule has 0 saturated carbocycles. The number of amides is 1. The minimum Gasteiger partial charge on any atom is -0.487 e. The van der Waals surface area contributed by atoms with E-state index in [1.54, 1.807) is 28.8 Å². The smallest absolute Gasteiger partial charge is 0.283 e. The standard InChI is InChI=1S/C26H22FN5O2S/c1-15-7-6-8-19(11-15)34-14-23-30-32-24(28)20(25(33)29-26(32)35-23)13-18-12-16(2)31(17(18)3)22-10-5-4-9-21(22)27/h4-13,28H,14H2,1-3H3/b20-13+,28-24?. The molecule has 2 aromatic carbocycles. The van der Waals surface area contributed by atoms with E-state index < -0.39 is 5.91 Å². The lowest BCUT2D eigenvalue weighted by molar-refractivity contribution is -0.114. The first-order valence-corrected chi connectivity index (χ1v) is 11.8. The molecule has 1 amide bonds. The van der Waals surface area contributed by atoms with Gasteiger partial charge in [-0.05, 0) is 80.1 Å². The van der Waals surface area contributed by atoms with Crippen LogP contribution in [0.5, 0.6) is 5.75 Å². The van der Waals surface area contributed by atoms with E-state index in [1.807, 2.05) is 51.1 Å². The molecule has 0 saturated heterocycles. The highest BCUT2D eigenvalue weighted by atomic mass is 32.2. The van der Waals surface area contributed by atoms with Gasteiger partial charge >= 0.3 is 0 Å². The summed E-state index contributed by atoms with van der Waals surface area (Å²) in [6.45, 7) is 5.90. The molecule has 0 atom stereocenters. The zero-order valence-corrected chi connectivity index (χ0v) is 20.2. The summed E-state index contributed by atoms with van der Waals surface area (Å²) in [7, 11) is 0. The summed E-state index contributed by atoms with van der Waals surface area (Å²) >= 11 is 1.21. The van der Waals surface area contributed by atoms with Crippen molar-refractivity contribution >= 4 is 39.8 Å². The van der Waals surface area contributed by atoms with Crippen LogP contribution in [0.2, 0.25) is 0 Å². The molecule has 176 valence electrons. The van der Waals surface area contributed by atoms with E-state index in [9.17, 15) is 9.18 Å². The topological polar surface area (TPSA) is 83.0 Å². The summed E-state index contributed by atoms with van der Waals surface area (Å²) in [5.74, 6) is -0.195. The van der Waals surface area contributed by atoms with Crippen LogP contribution in [0.15, 0.2) is 70.3 Å². The number of carbonyl (C=O) groups excluding carboxylic acids is 1. The van der Waals surface area contributed by atoms with Gasteiger partial charge in [-0.15, -0.1) is 0 Å². The van der Waals surface area contributed by atoms with Crippen LogP contribution in [0.1, 0.15) is 22.5 Å². The minimum atomic E-state index is -0.513. The lowest BCUT2D eigenvalue weighted by Gasteiger charge is -2.20. The lowest BCUT2D eigenvalue weighted by atomic mass is 10.1. The Bertz CT molecular complexity index is 1470. The van der Waals surface area contributed by atoms with Crippen molar-refractivity contribution in [2.45, 2.75) is 20.8 Å². The third kappa shape index (κ3) is 4.30. The number of amidine groups is 2. The Kier molecular flexibility index (Phi) is 5.86. The first-order valence-electron chi connectivity index (χ1n) is 10.9. The fourth-order valence-electron chi connectivity index (χ4n) is 4.03. The van der Waals surface area contributed by atoms with E-state index in [1.165, 1.54) is 22.8 Å². The van der Waals surface area contributed by atoms with Gasteiger partial charge < -0.3 is 9.30 Å². The predicted molar refractivity (Wildman–Crippen MR) is 137 cm³/mol. The molecule has 35 heavy (non-hydrogen) atoms. The monoisotopic (exact) mass is 487 g/mol. The number of aryl methyl sites for hydroxylation is 2. The number of rotatable bonds is 5.